The molecule has 2 aromatic rings. The van der Waals surface area contributed by atoms with E-state index in [2.05, 4.69) is 10.1 Å². The molecule has 1 amide bonds. The van der Waals surface area contributed by atoms with E-state index in [1.54, 1.807) is 6.92 Å². The molecule has 0 unspecified atom stereocenters. The Kier molecular flexibility index (Phi) is 3.37. The third-order valence-electron chi connectivity index (χ3n) is 3.44. The molecule has 0 bridgehead atoms. The molecule has 6 nitrogen and oxygen atoms in total. The first-order valence-corrected chi connectivity index (χ1v) is 6.63. The second-order valence-corrected chi connectivity index (χ2v) is 4.76. The highest BCUT2D eigenvalue weighted by atomic mass is 16.5. The van der Waals surface area contributed by atoms with E-state index in [0.717, 1.165) is 18.7 Å². The molecule has 0 radical (unpaired) electrons. The summed E-state index contributed by atoms with van der Waals surface area (Å²) in [5.74, 6) is 1.23. The third-order valence-corrected chi connectivity index (χ3v) is 3.44. The van der Waals surface area contributed by atoms with E-state index < -0.39 is 0 Å². The van der Waals surface area contributed by atoms with E-state index in [1.807, 2.05) is 40.1 Å². The van der Waals surface area contributed by atoms with Crippen molar-refractivity contribution in [2.45, 2.75) is 6.92 Å². The highest BCUT2D eigenvalue weighted by molar-refractivity contribution is 5.73. The lowest BCUT2D eigenvalue weighted by atomic mass is 10.2. The molecule has 1 aliphatic rings. The van der Waals surface area contributed by atoms with Crippen LogP contribution in [0.15, 0.2) is 34.9 Å². The van der Waals surface area contributed by atoms with Crippen LogP contribution in [0, 0.1) is 0 Å². The van der Waals surface area contributed by atoms with Crippen LogP contribution in [-0.4, -0.2) is 47.1 Å². The Hall–Kier alpha value is -2.37. The zero-order valence-corrected chi connectivity index (χ0v) is 11.3. The van der Waals surface area contributed by atoms with Gasteiger partial charge in [-0.2, -0.15) is 4.98 Å². The van der Waals surface area contributed by atoms with Gasteiger partial charge in [-0.1, -0.05) is 18.2 Å². The summed E-state index contributed by atoms with van der Waals surface area (Å²) in [5, 5.41) is 4.02. The van der Waals surface area contributed by atoms with Gasteiger partial charge in [0.1, 0.15) is 0 Å². The molecular formula is C14H16N4O2. The summed E-state index contributed by atoms with van der Waals surface area (Å²) in [6.07, 6.45) is 0. The SMILES string of the molecule is CC(=O)N1CCN(c2noc(-c3ccccc3)n2)CC1. The largest absolute Gasteiger partial charge is 0.339 e. The Bertz CT molecular complexity index is 588. The van der Waals surface area contributed by atoms with Crippen molar-refractivity contribution >= 4 is 11.9 Å². The van der Waals surface area contributed by atoms with Crippen molar-refractivity contribution in [2.75, 3.05) is 31.1 Å². The van der Waals surface area contributed by atoms with E-state index in [-0.39, 0.29) is 5.91 Å². The third kappa shape index (κ3) is 2.49. The Morgan fingerprint density at radius 3 is 2.50 bits per heavy atom. The summed E-state index contributed by atoms with van der Waals surface area (Å²) >= 11 is 0. The average molecular weight is 272 g/mol. The fourth-order valence-electron chi connectivity index (χ4n) is 2.26. The maximum absolute atomic E-state index is 11.3. The number of aromatic nitrogens is 2. The van der Waals surface area contributed by atoms with Crippen molar-refractivity contribution in [1.29, 1.82) is 0 Å². The summed E-state index contributed by atoms with van der Waals surface area (Å²) in [6.45, 7) is 4.45. The maximum atomic E-state index is 11.3. The lowest BCUT2D eigenvalue weighted by molar-refractivity contribution is -0.129. The van der Waals surface area contributed by atoms with E-state index in [1.165, 1.54) is 0 Å². The van der Waals surface area contributed by atoms with Crippen molar-refractivity contribution in [3.8, 4) is 11.5 Å². The molecule has 0 atom stereocenters. The van der Waals surface area contributed by atoms with Gasteiger partial charge < -0.3 is 14.3 Å². The number of anilines is 1. The van der Waals surface area contributed by atoms with Crippen LogP contribution >= 0.6 is 0 Å². The molecule has 1 aromatic heterocycles. The molecule has 0 saturated carbocycles. The van der Waals surface area contributed by atoms with Gasteiger partial charge in [0.25, 0.3) is 11.8 Å². The van der Waals surface area contributed by atoms with Crippen molar-refractivity contribution in [1.82, 2.24) is 15.0 Å². The second kappa shape index (κ2) is 5.32. The molecule has 0 N–H and O–H groups in total. The molecule has 0 aliphatic carbocycles. The first kappa shape index (κ1) is 12.7. The molecule has 104 valence electrons. The van der Waals surface area contributed by atoms with Gasteiger partial charge >= 0.3 is 0 Å². The van der Waals surface area contributed by atoms with Crippen molar-refractivity contribution in [2.24, 2.45) is 0 Å². The van der Waals surface area contributed by atoms with E-state index in [0.29, 0.717) is 24.9 Å². The van der Waals surface area contributed by atoms with Crippen molar-refractivity contribution < 1.29 is 9.32 Å². The van der Waals surface area contributed by atoms with Crippen LogP contribution in [0.1, 0.15) is 6.92 Å². The van der Waals surface area contributed by atoms with Gasteiger partial charge in [-0.05, 0) is 17.3 Å². The van der Waals surface area contributed by atoms with Gasteiger partial charge in [-0.25, -0.2) is 0 Å². The van der Waals surface area contributed by atoms with Crippen LogP contribution in [0.3, 0.4) is 0 Å². The number of benzene rings is 1. The molecule has 1 aliphatic heterocycles. The standard InChI is InChI=1S/C14H16N4O2/c1-11(19)17-7-9-18(10-8-17)14-15-13(20-16-14)12-5-3-2-4-6-12/h2-6H,7-10H2,1H3. The Balaban J connectivity index is 1.71. The topological polar surface area (TPSA) is 62.5 Å². The number of piperazine rings is 1. The van der Waals surface area contributed by atoms with Crippen LogP contribution in [0.4, 0.5) is 5.95 Å². The van der Waals surface area contributed by atoms with Crippen LogP contribution in [0.25, 0.3) is 11.5 Å². The predicted octanol–water partition coefficient (Wildman–Crippen LogP) is 1.41. The molecule has 3 rings (SSSR count). The molecule has 0 spiro atoms. The summed E-state index contributed by atoms with van der Waals surface area (Å²) < 4.78 is 5.29. The van der Waals surface area contributed by atoms with Gasteiger partial charge in [0.2, 0.25) is 5.91 Å². The minimum Gasteiger partial charge on any atom is -0.339 e. The van der Waals surface area contributed by atoms with Gasteiger partial charge in [-0.15, -0.1) is 0 Å². The Labute approximate surface area is 117 Å². The lowest BCUT2D eigenvalue weighted by Crippen LogP contribution is -2.48. The first-order chi connectivity index (χ1) is 9.74. The van der Waals surface area contributed by atoms with Crippen LogP contribution in [0.5, 0.6) is 0 Å². The van der Waals surface area contributed by atoms with Crippen LogP contribution < -0.4 is 4.90 Å². The Morgan fingerprint density at radius 1 is 1.15 bits per heavy atom. The number of nitrogens with zero attached hydrogens (tertiary/aromatic N) is 4. The van der Waals surface area contributed by atoms with Crippen molar-refractivity contribution in [3.63, 3.8) is 0 Å². The smallest absolute Gasteiger partial charge is 0.266 e. The summed E-state index contributed by atoms with van der Waals surface area (Å²) in [6, 6.07) is 9.69. The fraction of sp³-hybridized carbons (Fsp3) is 0.357. The summed E-state index contributed by atoms with van der Waals surface area (Å²) in [4.78, 5) is 19.6. The number of carbonyl (C=O) groups excluding carboxylic acids is 1. The second-order valence-electron chi connectivity index (χ2n) is 4.76. The predicted molar refractivity (Wildman–Crippen MR) is 74.2 cm³/mol. The van der Waals surface area contributed by atoms with Crippen LogP contribution in [-0.2, 0) is 4.79 Å². The molecule has 1 aromatic carbocycles. The fourth-order valence-corrected chi connectivity index (χ4v) is 2.26. The zero-order chi connectivity index (χ0) is 13.9. The summed E-state index contributed by atoms with van der Waals surface area (Å²) in [5.41, 5.74) is 0.911. The minimum absolute atomic E-state index is 0.114. The lowest BCUT2D eigenvalue weighted by Gasteiger charge is -2.33. The number of hydrogen-bond acceptors (Lipinski definition) is 5. The van der Waals surface area contributed by atoms with Gasteiger partial charge in [0.05, 0.1) is 0 Å². The number of amides is 1. The van der Waals surface area contributed by atoms with E-state index in [9.17, 15) is 4.79 Å². The normalized spacial score (nSPS) is 15.4. The molecule has 2 heterocycles. The first-order valence-electron chi connectivity index (χ1n) is 6.63. The van der Waals surface area contributed by atoms with E-state index >= 15 is 0 Å². The Morgan fingerprint density at radius 2 is 1.85 bits per heavy atom. The molecule has 6 heteroatoms. The molecule has 1 saturated heterocycles. The highest BCUT2D eigenvalue weighted by Crippen LogP contribution is 2.20. The van der Waals surface area contributed by atoms with Crippen LogP contribution in [0.2, 0.25) is 0 Å². The number of hydrogen-bond donors (Lipinski definition) is 0. The van der Waals surface area contributed by atoms with Gasteiger partial charge in [0, 0.05) is 38.7 Å². The monoisotopic (exact) mass is 272 g/mol. The number of carbonyl (C=O) groups is 1. The minimum atomic E-state index is 0.114. The zero-order valence-electron chi connectivity index (χ0n) is 11.3. The van der Waals surface area contributed by atoms with Crippen molar-refractivity contribution in [3.05, 3.63) is 30.3 Å². The molecular weight excluding hydrogens is 256 g/mol. The molecule has 20 heavy (non-hydrogen) atoms. The molecule has 1 fully saturated rings. The quantitative estimate of drug-likeness (QED) is 0.827. The average Bonchev–Trinajstić information content (AvgIpc) is 2.98. The van der Waals surface area contributed by atoms with E-state index in [4.69, 9.17) is 4.52 Å². The van der Waals surface area contributed by atoms with Gasteiger partial charge in [-0.3, -0.25) is 4.79 Å². The maximum Gasteiger partial charge on any atom is 0.266 e. The number of rotatable bonds is 2. The highest BCUT2D eigenvalue weighted by Gasteiger charge is 2.22. The summed E-state index contributed by atoms with van der Waals surface area (Å²) in [7, 11) is 0. The van der Waals surface area contributed by atoms with Gasteiger partial charge in [0.15, 0.2) is 0 Å².